The molecule has 1 N–H and O–H groups in total. The number of halogens is 2. The second-order valence-electron chi connectivity index (χ2n) is 5.24. The van der Waals surface area contributed by atoms with Crippen molar-refractivity contribution in [3.8, 4) is 17.2 Å². The van der Waals surface area contributed by atoms with Crippen LogP contribution in [0.3, 0.4) is 0 Å². The Morgan fingerprint density at radius 2 is 1.65 bits per heavy atom. The molecule has 0 atom stereocenters. The van der Waals surface area contributed by atoms with Crippen LogP contribution < -0.4 is 19.5 Å². The maximum atomic E-state index is 12.1. The Labute approximate surface area is 162 Å². The van der Waals surface area contributed by atoms with Gasteiger partial charge in [0.05, 0.1) is 43.5 Å². The van der Waals surface area contributed by atoms with Gasteiger partial charge in [0.15, 0.2) is 0 Å². The van der Waals surface area contributed by atoms with Gasteiger partial charge >= 0.3 is 0 Å². The van der Waals surface area contributed by atoms with E-state index in [2.05, 4.69) is 5.32 Å². The Bertz CT molecular complexity index is 796. The summed E-state index contributed by atoms with van der Waals surface area (Å²) in [6, 6.07) is 8.59. The summed E-state index contributed by atoms with van der Waals surface area (Å²) < 4.78 is 15.9. The Kier molecular flexibility index (Phi) is 7.18. The molecule has 2 rings (SSSR count). The van der Waals surface area contributed by atoms with Gasteiger partial charge in [0.1, 0.15) is 17.2 Å². The Hall–Kier alpha value is -2.37. The van der Waals surface area contributed by atoms with Gasteiger partial charge in [0.2, 0.25) is 5.91 Å². The molecule has 0 unspecified atom stereocenters. The van der Waals surface area contributed by atoms with Gasteiger partial charge in [-0.3, -0.25) is 4.79 Å². The molecule has 0 fully saturated rings. The molecular weight excluding hydrogens is 377 g/mol. The van der Waals surface area contributed by atoms with Gasteiger partial charge < -0.3 is 19.5 Å². The Morgan fingerprint density at radius 3 is 2.19 bits per heavy atom. The number of nitrogens with one attached hydrogen (secondary N) is 1. The van der Waals surface area contributed by atoms with E-state index in [0.717, 1.165) is 5.56 Å². The molecular formula is C19H19Cl2NO4. The fraction of sp³-hybridized carbons (Fsp3) is 0.211. The predicted octanol–water partition coefficient (Wildman–Crippen LogP) is 4.35. The maximum absolute atomic E-state index is 12.1. The molecule has 0 aliphatic carbocycles. The number of amides is 1. The highest BCUT2D eigenvalue weighted by molar-refractivity contribution is 6.42. The van der Waals surface area contributed by atoms with Crippen molar-refractivity contribution in [2.75, 3.05) is 21.3 Å². The first kappa shape index (κ1) is 19.9. The van der Waals surface area contributed by atoms with Crippen LogP contribution in [0.25, 0.3) is 6.08 Å². The number of carbonyl (C=O) groups is 1. The van der Waals surface area contributed by atoms with E-state index in [4.69, 9.17) is 37.4 Å². The Balaban J connectivity index is 2.09. The lowest BCUT2D eigenvalue weighted by molar-refractivity contribution is -0.116. The van der Waals surface area contributed by atoms with E-state index in [1.165, 1.54) is 6.08 Å². The zero-order chi connectivity index (χ0) is 19.1. The van der Waals surface area contributed by atoms with Crippen molar-refractivity contribution in [2.45, 2.75) is 6.54 Å². The van der Waals surface area contributed by atoms with Crippen molar-refractivity contribution in [2.24, 2.45) is 0 Å². The summed E-state index contributed by atoms with van der Waals surface area (Å²) >= 11 is 11.8. The third-order valence-corrected chi connectivity index (χ3v) is 4.37. The zero-order valence-electron chi connectivity index (χ0n) is 14.6. The number of hydrogen-bond acceptors (Lipinski definition) is 4. The minimum absolute atomic E-state index is 0.237. The number of benzene rings is 2. The second kappa shape index (κ2) is 9.36. The average molecular weight is 396 g/mol. The van der Waals surface area contributed by atoms with Gasteiger partial charge in [0, 0.05) is 18.2 Å². The van der Waals surface area contributed by atoms with E-state index < -0.39 is 0 Å². The second-order valence-corrected chi connectivity index (χ2v) is 6.05. The largest absolute Gasteiger partial charge is 0.496 e. The van der Waals surface area contributed by atoms with Crippen molar-refractivity contribution in [1.29, 1.82) is 0 Å². The van der Waals surface area contributed by atoms with Crippen LogP contribution >= 0.6 is 23.2 Å². The lowest BCUT2D eigenvalue weighted by Gasteiger charge is -2.15. The van der Waals surface area contributed by atoms with Crippen LogP contribution in [0.5, 0.6) is 17.2 Å². The van der Waals surface area contributed by atoms with E-state index in [1.54, 1.807) is 57.7 Å². The molecule has 0 bridgehead atoms. The maximum Gasteiger partial charge on any atom is 0.244 e. The monoisotopic (exact) mass is 395 g/mol. The fourth-order valence-electron chi connectivity index (χ4n) is 2.27. The molecule has 1 amide bonds. The first-order valence-electron chi connectivity index (χ1n) is 7.68. The van der Waals surface area contributed by atoms with Gasteiger partial charge in [-0.2, -0.15) is 0 Å². The van der Waals surface area contributed by atoms with Crippen molar-refractivity contribution >= 4 is 35.2 Å². The molecule has 26 heavy (non-hydrogen) atoms. The van der Waals surface area contributed by atoms with Crippen molar-refractivity contribution in [3.63, 3.8) is 0 Å². The van der Waals surface area contributed by atoms with E-state index >= 15 is 0 Å². The molecule has 0 radical (unpaired) electrons. The van der Waals surface area contributed by atoms with Crippen LogP contribution in [-0.4, -0.2) is 27.2 Å². The van der Waals surface area contributed by atoms with Gasteiger partial charge in [-0.15, -0.1) is 0 Å². The molecule has 2 aromatic carbocycles. The summed E-state index contributed by atoms with van der Waals surface area (Å²) in [4.78, 5) is 12.1. The summed E-state index contributed by atoms with van der Waals surface area (Å²) in [5.74, 6) is 1.47. The smallest absolute Gasteiger partial charge is 0.244 e. The van der Waals surface area contributed by atoms with Crippen molar-refractivity contribution in [3.05, 3.63) is 57.6 Å². The molecule has 0 heterocycles. The summed E-state index contributed by atoms with van der Waals surface area (Å²) in [5, 5.41) is 3.69. The molecule has 138 valence electrons. The minimum Gasteiger partial charge on any atom is -0.496 e. The van der Waals surface area contributed by atoms with Crippen LogP contribution in [0.1, 0.15) is 11.1 Å². The van der Waals surface area contributed by atoms with Crippen LogP contribution in [0.4, 0.5) is 0 Å². The topological polar surface area (TPSA) is 56.8 Å². The van der Waals surface area contributed by atoms with Crippen LogP contribution in [0.2, 0.25) is 10.0 Å². The Morgan fingerprint density at radius 1 is 1.00 bits per heavy atom. The quantitative estimate of drug-likeness (QED) is 0.708. The molecule has 0 saturated heterocycles. The van der Waals surface area contributed by atoms with Crippen LogP contribution in [-0.2, 0) is 11.3 Å². The molecule has 0 aromatic heterocycles. The van der Waals surface area contributed by atoms with Gasteiger partial charge in [-0.25, -0.2) is 0 Å². The summed E-state index contributed by atoms with van der Waals surface area (Å²) in [6.07, 6.45) is 3.07. The van der Waals surface area contributed by atoms with E-state index in [1.807, 2.05) is 0 Å². The van der Waals surface area contributed by atoms with Crippen LogP contribution in [0, 0.1) is 0 Å². The van der Waals surface area contributed by atoms with E-state index in [9.17, 15) is 4.79 Å². The highest BCUT2D eigenvalue weighted by Crippen LogP contribution is 2.33. The molecule has 2 aromatic rings. The van der Waals surface area contributed by atoms with Crippen molar-refractivity contribution < 1.29 is 19.0 Å². The number of carbonyl (C=O) groups excluding carboxylic acids is 1. The van der Waals surface area contributed by atoms with Gasteiger partial charge in [-0.1, -0.05) is 29.3 Å². The first-order chi connectivity index (χ1) is 12.5. The highest BCUT2D eigenvalue weighted by Gasteiger charge is 2.13. The lowest BCUT2D eigenvalue weighted by Crippen LogP contribution is -2.21. The first-order valence-corrected chi connectivity index (χ1v) is 8.44. The molecule has 0 saturated carbocycles. The van der Waals surface area contributed by atoms with Crippen molar-refractivity contribution in [1.82, 2.24) is 5.32 Å². The van der Waals surface area contributed by atoms with Gasteiger partial charge in [-0.05, 0) is 23.8 Å². The number of rotatable bonds is 7. The third kappa shape index (κ3) is 5.07. The van der Waals surface area contributed by atoms with E-state index in [-0.39, 0.29) is 12.5 Å². The molecule has 0 aliphatic heterocycles. The normalized spacial score (nSPS) is 10.7. The average Bonchev–Trinajstić information content (AvgIpc) is 2.66. The molecule has 7 heteroatoms. The summed E-state index contributed by atoms with van der Waals surface area (Å²) in [5.41, 5.74) is 1.49. The number of hydrogen-bond donors (Lipinski definition) is 1. The molecule has 0 aliphatic rings. The minimum atomic E-state index is -0.268. The molecule has 5 nitrogen and oxygen atoms in total. The van der Waals surface area contributed by atoms with E-state index in [0.29, 0.717) is 32.9 Å². The fourth-order valence-corrected chi connectivity index (χ4v) is 2.58. The molecule has 0 spiro atoms. The van der Waals surface area contributed by atoms with Gasteiger partial charge in [0.25, 0.3) is 0 Å². The predicted molar refractivity (Wildman–Crippen MR) is 103 cm³/mol. The zero-order valence-corrected chi connectivity index (χ0v) is 16.1. The summed E-state index contributed by atoms with van der Waals surface area (Å²) in [6.45, 7) is 0.237. The summed E-state index contributed by atoms with van der Waals surface area (Å²) in [7, 11) is 4.65. The number of methoxy groups -OCH3 is 3. The number of ether oxygens (including phenoxy) is 3. The highest BCUT2D eigenvalue weighted by atomic mass is 35.5. The third-order valence-electron chi connectivity index (χ3n) is 3.63. The standard InChI is InChI=1S/C19H19Cl2NO4/c1-24-13-9-17(25-2)14(18(10-13)26-3)11-22-19(23)7-5-12-4-6-15(20)16(21)8-12/h4-10H,11H2,1-3H3,(H,22,23)/b7-5+. The lowest BCUT2D eigenvalue weighted by atomic mass is 10.1. The van der Waals surface area contributed by atoms with Crippen LogP contribution in [0.15, 0.2) is 36.4 Å². The SMILES string of the molecule is COc1cc(OC)c(CNC(=O)/C=C/c2ccc(Cl)c(Cl)c2)c(OC)c1.